The maximum absolute atomic E-state index is 11.5. The van der Waals surface area contributed by atoms with Crippen molar-refractivity contribution >= 4 is 23.3 Å². The van der Waals surface area contributed by atoms with E-state index in [2.05, 4.69) is 10.1 Å². The number of rotatable bonds is 4. The normalized spacial score (nSPS) is 10.8. The van der Waals surface area contributed by atoms with Gasteiger partial charge in [0.05, 0.1) is 24.0 Å². The number of hydrogen-bond donors (Lipinski definition) is 3. The number of carbonyl (C=O) groups excluding carboxylic acids is 2. The molecular formula is C12H17N3O3. The first-order chi connectivity index (χ1) is 8.29. The zero-order valence-corrected chi connectivity index (χ0v) is 10.6. The van der Waals surface area contributed by atoms with Gasteiger partial charge < -0.3 is 21.5 Å². The van der Waals surface area contributed by atoms with Crippen molar-refractivity contribution in [2.45, 2.75) is 19.4 Å². The number of carbonyl (C=O) groups is 2. The van der Waals surface area contributed by atoms with Crippen molar-refractivity contribution in [2.24, 2.45) is 5.73 Å². The van der Waals surface area contributed by atoms with Crippen molar-refractivity contribution < 1.29 is 14.3 Å². The van der Waals surface area contributed by atoms with Gasteiger partial charge in [-0.2, -0.15) is 0 Å². The summed E-state index contributed by atoms with van der Waals surface area (Å²) < 4.78 is 4.61. The first-order valence-electron chi connectivity index (χ1n) is 5.34. The topological polar surface area (TPSA) is 107 Å². The van der Waals surface area contributed by atoms with Crippen LogP contribution in [-0.4, -0.2) is 24.5 Å². The van der Waals surface area contributed by atoms with Gasteiger partial charge in [0.2, 0.25) is 5.91 Å². The van der Waals surface area contributed by atoms with Crippen LogP contribution in [0.4, 0.5) is 11.4 Å². The summed E-state index contributed by atoms with van der Waals surface area (Å²) in [6.45, 7) is 3.25. The minimum absolute atomic E-state index is 0.221. The summed E-state index contributed by atoms with van der Waals surface area (Å²) >= 11 is 0. The molecule has 0 aromatic heterocycles. The predicted molar refractivity (Wildman–Crippen MR) is 69.1 cm³/mol. The summed E-state index contributed by atoms with van der Waals surface area (Å²) in [6.07, 6.45) is 0. The first kappa shape index (κ1) is 13.8. The number of amides is 1. The number of esters is 1. The number of methoxy groups -OCH3 is 1. The Bertz CT molecular complexity index is 483. The second-order valence-corrected chi connectivity index (χ2v) is 4.37. The van der Waals surface area contributed by atoms with Crippen molar-refractivity contribution in [1.29, 1.82) is 0 Å². The molecule has 0 heterocycles. The fourth-order valence-corrected chi connectivity index (χ4v) is 1.36. The number of primary amides is 1. The molecular weight excluding hydrogens is 234 g/mol. The van der Waals surface area contributed by atoms with E-state index in [1.807, 2.05) is 0 Å². The van der Waals surface area contributed by atoms with Gasteiger partial charge in [-0.25, -0.2) is 4.79 Å². The number of hydrogen-bond acceptors (Lipinski definition) is 5. The lowest BCUT2D eigenvalue weighted by atomic mass is 10.0. The fourth-order valence-electron chi connectivity index (χ4n) is 1.36. The van der Waals surface area contributed by atoms with Crippen molar-refractivity contribution in [3.63, 3.8) is 0 Å². The SMILES string of the molecule is COC(=O)c1cccc(NC(C)(C)C(N)=O)c1N. The predicted octanol–water partition coefficient (Wildman–Crippen LogP) is 0.731. The molecule has 1 aromatic rings. The van der Waals surface area contributed by atoms with E-state index in [-0.39, 0.29) is 11.3 Å². The summed E-state index contributed by atoms with van der Waals surface area (Å²) in [6, 6.07) is 4.85. The van der Waals surface area contributed by atoms with Crippen molar-refractivity contribution in [3.8, 4) is 0 Å². The lowest BCUT2D eigenvalue weighted by molar-refractivity contribution is -0.121. The maximum Gasteiger partial charge on any atom is 0.340 e. The third kappa shape index (κ3) is 2.71. The molecule has 0 radical (unpaired) electrons. The van der Waals surface area contributed by atoms with Gasteiger partial charge in [-0.3, -0.25) is 4.79 Å². The molecule has 1 amide bonds. The molecule has 0 aliphatic rings. The Morgan fingerprint density at radius 3 is 2.44 bits per heavy atom. The summed E-state index contributed by atoms with van der Waals surface area (Å²) in [4.78, 5) is 22.7. The van der Waals surface area contributed by atoms with Gasteiger partial charge in [0.15, 0.2) is 0 Å². The first-order valence-corrected chi connectivity index (χ1v) is 5.34. The maximum atomic E-state index is 11.5. The molecule has 0 saturated carbocycles. The van der Waals surface area contributed by atoms with Crippen LogP contribution in [0.3, 0.4) is 0 Å². The molecule has 1 rings (SSSR count). The molecule has 0 fully saturated rings. The van der Waals surface area contributed by atoms with Gasteiger partial charge in [0.25, 0.3) is 0 Å². The number of nitrogen functional groups attached to an aromatic ring is 1. The van der Waals surface area contributed by atoms with E-state index in [9.17, 15) is 9.59 Å². The van der Waals surface area contributed by atoms with Crippen LogP contribution in [0.25, 0.3) is 0 Å². The monoisotopic (exact) mass is 251 g/mol. The number of benzene rings is 1. The Labute approximate surface area is 105 Å². The molecule has 0 atom stereocenters. The molecule has 98 valence electrons. The minimum atomic E-state index is -0.969. The largest absolute Gasteiger partial charge is 0.465 e. The van der Waals surface area contributed by atoms with Crippen LogP contribution in [0.15, 0.2) is 18.2 Å². The Hall–Kier alpha value is -2.24. The van der Waals surface area contributed by atoms with E-state index in [0.29, 0.717) is 5.69 Å². The zero-order chi connectivity index (χ0) is 13.9. The van der Waals surface area contributed by atoms with Crippen LogP contribution in [0.2, 0.25) is 0 Å². The van der Waals surface area contributed by atoms with Gasteiger partial charge in [0.1, 0.15) is 5.54 Å². The van der Waals surface area contributed by atoms with Crippen molar-refractivity contribution in [1.82, 2.24) is 0 Å². The average Bonchev–Trinajstić information content (AvgIpc) is 2.30. The minimum Gasteiger partial charge on any atom is -0.465 e. The van der Waals surface area contributed by atoms with E-state index in [1.54, 1.807) is 32.0 Å². The van der Waals surface area contributed by atoms with Crippen LogP contribution < -0.4 is 16.8 Å². The molecule has 1 aromatic carbocycles. The zero-order valence-electron chi connectivity index (χ0n) is 10.6. The standard InChI is InChI=1S/C12H17N3O3/c1-12(2,11(14)17)15-8-6-4-5-7(9(8)13)10(16)18-3/h4-6,15H,13H2,1-3H3,(H2,14,17). The molecule has 0 bridgehead atoms. The van der Waals surface area contributed by atoms with Crippen LogP contribution in [-0.2, 0) is 9.53 Å². The molecule has 5 N–H and O–H groups in total. The van der Waals surface area contributed by atoms with Gasteiger partial charge in [-0.1, -0.05) is 6.07 Å². The van der Waals surface area contributed by atoms with Gasteiger partial charge in [-0.05, 0) is 26.0 Å². The van der Waals surface area contributed by atoms with Crippen molar-refractivity contribution in [3.05, 3.63) is 23.8 Å². The van der Waals surface area contributed by atoms with E-state index < -0.39 is 17.4 Å². The molecule has 0 saturated heterocycles. The number of nitrogens with one attached hydrogen (secondary N) is 1. The van der Waals surface area contributed by atoms with Crippen LogP contribution >= 0.6 is 0 Å². The molecule has 6 nitrogen and oxygen atoms in total. The highest BCUT2D eigenvalue weighted by molar-refractivity contribution is 5.99. The highest BCUT2D eigenvalue weighted by atomic mass is 16.5. The lowest BCUT2D eigenvalue weighted by Gasteiger charge is -2.25. The quantitative estimate of drug-likeness (QED) is 0.540. The molecule has 18 heavy (non-hydrogen) atoms. The third-order valence-corrected chi connectivity index (χ3v) is 2.57. The number of para-hydroxylation sites is 1. The Morgan fingerprint density at radius 2 is 1.94 bits per heavy atom. The molecule has 0 unspecified atom stereocenters. The van der Waals surface area contributed by atoms with Crippen molar-refractivity contribution in [2.75, 3.05) is 18.2 Å². The highest BCUT2D eigenvalue weighted by Gasteiger charge is 2.26. The van der Waals surface area contributed by atoms with E-state index in [4.69, 9.17) is 11.5 Å². The molecule has 0 spiro atoms. The summed E-state index contributed by atoms with van der Waals surface area (Å²) in [7, 11) is 1.27. The van der Waals surface area contributed by atoms with E-state index in [0.717, 1.165) is 0 Å². The Morgan fingerprint density at radius 1 is 1.33 bits per heavy atom. The second-order valence-electron chi connectivity index (χ2n) is 4.37. The fraction of sp³-hybridized carbons (Fsp3) is 0.333. The Balaban J connectivity index is 3.12. The molecule has 0 aliphatic carbocycles. The average molecular weight is 251 g/mol. The number of anilines is 2. The smallest absolute Gasteiger partial charge is 0.340 e. The van der Waals surface area contributed by atoms with Gasteiger partial charge >= 0.3 is 5.97 Å². The lowest BCUT2D eigenvalue weighted by Crippen LogP contribution is -2.45. The van der Waals surface area contributed by atoms with Crippen LogP contribution in [0.5, 0.6) is 0 Å². The summed E-state index contributed by atoms with van der Waals surface area (Å²) in [5.74, 6) is -1.06. The summed E-state index contributed by atoms with van der Waals surface area (Å²) in [5, 5.41) is 2.90. The van der Waals surface area contributed by atoms with E-state index in [1.165, 1.54) is 7.11 Å². The van der Waals surface area contributed by atoms with E-state index >= 15 is 0 Å². The van der Waals surface area contributed by atoms with Crippen LogP contribution in [0, 0.1) is 0 Å². The van der Waals surface area contributed by atoms with Crippen LogP contribution in [0.1, 0.15) is 24.2 Å². The summed E-state index contributed by atoms with van der Waals surface area (Å²) in [5.41, 5.74) is 11.1. The second kappa shape index (κ2) is 4.95. The Kier molecular flexibility index (Phi) is 3.80. The number of nitrogens with two attached hydrogens (primary N) is 2. The number of ether oxygens (including phenoxy) is 1. The molecule has 6 heteroatoms. The van der Waals surface area contributed by atoms with Gasteiger partial charge in [0, 0.05) is 0 Å². The third-order valence-electron chi connectivity index (χ3n) is 2.57. The highest BCUT2D eigenvalue weighted by Crippen LogP contribution is 2.26. The van der Waals surface area contributed by atoms with Gasteiger partial charge in [-0.15, -0.1) is 0 Å². The molecule has 0 aliphatic heterocycles.